The van der Waals surface area contributed by atoms with E-state index in [1.165, 1.54) is 6.07 Å². The number of hydrogen-bond acceptors (Lipinski definition) is 7. The molecule has 1 aromatic heterocycles. The first-order chi connectivity index (χ1) is 17.0. The molecule has 1 N–H and O–H groups in total. The van der Waals surface area contributed by atoms with Gasteiger partial charge in [-0.15, -0.1) is 0 Å². The fraction of sp³-hybridized carbons (Fsp3) is 0.400. The number of carbonyl (C=O) groups excluding carboxylic acids is 1. The van der Waals surface area contributed by atoms with Crippen molar-refractivity contribution in [1.82, 2.24) is 14.4 Å². The maximum Gasteiger partial charge on any atom is 0.243 e. The number of hydrogen-bond donors (Lipinski definition) is 1. The lowest BCUT2D eigenvalue weighted by Crippen LogP contribution is -2.32. The zero-order valence-electron chi connectivity index (χ0n) is 19.8. The zero-order valence-corrected chi connectivity index (χ0v) is 20.6. The Hall–Kier alpha value is -3.24. The minimum absolute atomic E-state index is 0.119. The first-order valence-electron chi connectivity index (χ1n) is 11.9. The monoisotopic (exact) mass is 498 g/mol. The largest absolute Gasteiger partial charge is 0.494 e. The number of aryl methyl sites for hydroxylation is 1. The van der Waals surface area contributed by atoms with Crippen LogP contribution in [0.4, 0.5) is 5.69 Å². The van der Waals surface area contributed by atoms with Crippen molar-refractivity contribution in [2.75, 3.05) is 25.0 Å². The van der Waals surface area contributed by atoms with Crippen LogP contribution >= 0.6 is 0 Å². The lowest BCUT2D eigenvalue weighted by atomic mass is 10.2. The number of benzene rings is 2. The molecule has 2 aromatic carbocycles. The molecule has 1 aliphatic heterocycles. The van der Waals surface area contributed by atoms with Crippen LogP contribution in [-0.4, -0.2) is 48.5 Å². The van der Waals surface area contributed by atoms with Crippen LogP contribution in [0.5, 0.6) is 5.75 Å². The molecule has 0 bridgehead atoms. The summed E-state index contributed by atoms with van der Waals surface area (Å²) >= 11 is 0. The average molecular weight is 499 g/mol. The molecule has 1 fully saturated rings. The highest BCUT2D eigenvalue weighted by Crippen LogP contribution is 2.23. The van der Waals surface area contributed by atoms with E-state index in [4.69, 9.17) is 9.26 Å². The molecule has 1 amide bonds. The van der Waals surface area contributed by atoms with Gasteiger partial charge in [0.05, 0.1) is 11.5 Å². The molecule has 2 heterocycles. The van der Waals surface area contributed by atoms with E-state index in [0.717, 1.165) is 37.0 Å². The molecular formula is C25H30N4O5S. The van der Waals surface area contributed by atoms with Crippen LogP contribution in [0.3, 0.4) is 0 Å². The average Bonchev–Trinajstić information content (AvgIpc) is 3.15. The van der Waals surface area contributed by atoms with E-state index in [1.54, 1.807) is 22.5 Å². The summed E-state index contributed by atoms with van der Waals surface area (Å²) in [7, 11) is -3.59. The quantitative estimate of drug-likeness (QED) is 0.468. The number of ether oxygens (including phenoxy) is 1. The summed E-state index contributed by atoms with van der Waals surface area (Å²) in [6, 6.07) is 13.8. The molecule has 3 aromatic rings. The van der Waals surface area contributed by atoms with Gasteiger partial charge in [-0.2, -0.15) is 9.29 Å². The maximum absolute atomic E-state index is 13.0. The molecule has 9 nitrogen and oxygen atoms in total. The normalized spacial score (nSPS) is 14.9. The molecule has 0 unspecified atom stereocenters. The van der Waals surface area contributed by atoms with Crippen molar-refractivity contribution in [2.24, 2.45) is 0 Å². The van der Waals surface area contributed by atoms with E-state index in [9.17, 15) is 13.2 Å². The van der Waals surface area contributed by atoms with Crippen molar-refractivity contribution >= 4 is 21.6 Å². The van der Waals surface area contributed by atoms with Crippen LogP contribution in [0.25, 0.3) is 11.4 Å². The summed E-state index contributed by atoms with van der Waals surface area (Å²) in [6.45, 7) is 3.57. The number of anilines is 1. The van der Waals surface area contributed by atoms with E-state index in [1.807, 2.05) is 31.2 Å². The molecule has 4 rings (SSSR count). The highest BCUT2D eigenvalue weighted by Gasteiger charge is 2.25. The van der Waals surface area contributed by atoms with Crippen LogP contribution < -0.4 is 10.1 Å². The molecule has 1 saturated heterocycles. The van der Waals surface area contributed by atoms with E-state index >= 15 is 0 Å². The fourth-order valence-corrected chi connectivity index (χ4v) is 5.51. The summed E-state index contributed by atoms with van der Waals surface area (Å²) in [5, 5.41) is 6.75. The molecular weight excluding hydrogens is 468 g/mol. The van der Waals surface area contributed by atoms with Crippen molar-refractivity contribution in [1.29, 1.82) is 0 Å². The molecule has 10 heteroatoms. The van der Waals surface area contributed by atoms with Gasteiger partial charge in [0.1, 0.15) is 5.75 Å². The van der Waals surface area contributed by atoms with Gasteiger partial charge in [-0.05, 0) is 62.2 Å². The van der Waals surface area contributed by atoms with Crippen molar-refractivity contribution < 1.29 is 22.5 Å². The molecule has 35 heavy (non-hydrogen) atoms. The predicted octanol–water partition coefficient (Wildman–Crippen LogP) is 4.27. The van der Waals surface area contributed by atoms with Crippen LogP contribution in [0, 0.1) is 0 Å². The van der Waals surface area contributed by atoms with Crippen LogP contribution in [0.1, 0.15) is 44.9 Å². The maximum atomic E-state index is 13.0. The summed E-state index contributed by atoms with van der Waals surface area (Å²) in [5.41, 5.74) is 1.22. The van der Waals surface area contributed by atoms with Gasteiger partial charge in [0.15, 0.2) is 0 Å². The Bertz CT molecular complexity index is 1230. The zero-order chi connectivity index (χ0) is 24.7. The molecule has 0 spiro atoms. The van der Waals surface area contributed by atoms with Gasteiger partial charge in [0.2, 0.25) is 27.6 Å². The second kappa shape index (κ2) is 11.5. The minimum Gasteiger partial charge on any atom is -0.494 e. The molecule has 0 radical (unpaired) electrons. The highest BCUT2D eigenvalue weighted by atomic mass is 32.2. The number of sulfonamides is 1. The van der Waals surface area contributed by atoms with Gasteiger partial charge in [-0.25, -0.2) is 8.42 Å². The number of nitrogens with zero attached hydrogens (tertiary/aromatic N) is 3. The van der Waals surface area contributed by atoms with Gasteiger partial charge in [0.25, 0.3) is 0 Å². The van der Waals surface area contributed by atoms with E-state index < -0.39 is 10.0 Å². The lowest BCUT2D eigenvalue weighted by molar-refractivity contribution is -0.116. The Balaban J connectivity index is 1.34. The fourth-order valence-electron chi connectivity index (χ4n) is 3.95. The predicted molar refractivity (Wildman–Crippen MR) is 132 cm³/mol. The number of rotatable bonds is 9. The Labute approximate surface area is 205 Å². The Kier molecular flexibility index (Phi) is 8.14. The van der Waals surface area contributed by atoms with Gasteiger partial charge in [-0.1, -0.05) is 24.1 Å². The summed E-state index contributed by atoms with van der Waals surface area (Å²) in [4.78, 5) is 17.0. The minimum atomic E-state index is -3.59. The third-order valence-corrected chi connectivity index (χ3v) is 7.67. The van der Waals surface area contributed by atoms with Crippen LogP contribution in [-0.2, 0) is 21.2 Å². The standard InChI is InChI=1S/C25H30N4O5S/c1-2-33-21-12-10-19(11-13-21)25-27-24(34-28-25)15-14-23(30)26-20-8-7-9-22(18-20)35(31,32)29-16-5-3-4-6-17-29/h7-13,18H,2-6,14-17H2,1H3,(H,26,30). The highest BCUT2D eigenvalue weighted by molar-refractivity contribution is 7.89. The molecule has 1 aliphatic rings. The molecule has 0 atom stereocenters. The smallest absolute Gasteiger partial charge is 0.243 e. The second-order valence-corrected chi connectivity index (χ2v) is 10.3. The number of amides is 1. The second-order valence-electron chi connectivity index (χ2n) is 8.36. The summed E-state index contributed by atoms with van der Waals surface area (Å²) < 4.78 is 38.3. The summed E-state index contributed by atoms with van der Waals surface area (Å²) in [6.07, 6.45) is 4.21. The first-order valence-corrected chi connectivity index (χ1v) is 13.4. The van der Waals surface area contributed by atoms with Crippen molar-refractivity contribution in [2.45, 2.75) is 50.3 Å². The molecule has 0 saturated carbocycles. The lowest BCUT2D eigenvalue weighted by Gasteiger charge is -2.20. The van der Waals surface area contributed by atoms with Gasteiger partial charge in [0, 0.05) is 37.2 Å². The Morgan fingerprint density at radius 3 is 2.54 bits per heavy atom. The summed E-state index contributed by atoms with van der Waals surface area (Å²) in [5.74, 6) is 1.28. The van der Waals surface area contributed by atoms with E-state index in [0.29, 0.717) is 37.1 Å². The number of nitrogens with one attached hydrogen (secondary N) is 1. The van der Waals surface area contributed by atoms with E-state index in [2.05, 4.69) is 15.5 Å². The third kappa shape index (κ3) is 6.46. The molecule has 186 valence electrons. The first kappa shape index (κ1) is 24.9. The van der Waals surface area contributed by atoms with Crippen molar-refractivity contribution in [3.63, 3.8) is 0 Å². The van der Waals surface area contributed by atoms with Gasteiger partial charge < -0.3 is 14.6 Å². The van der Waals surface area contributed by atoms with Crippen LogP contribution in [0.15, 0.2) is 57.9 Å². The molecule has 0 aliphatic carbocycles. The number of aromatic nitrogens is 2. The van der Waals surface area contributed by atoms with E-state index in [-0.39, 0.29) is 23.6 Å². The Morgan fingerprint density at radius 2 is 1.83 bits per heavy atom. The number of carbonyl (C=O) groups is 1. The topological polar surface area (TPSA) is 115 Å². The van der Waals surface area contributed by atoms with Gasteiger partial charge in [-0.3, -0.25) is 4.79 Å². The Morgan fingerprint density at radius 1 is 1.09 bits per heavy atom. The third-order valence-electron chi connectivity index (χ3n) is 5.78. The SMILES string of the molecule is CCOc1ccc(-c2noc(CCC(=O)Nc3cccc(S(=O)(=O)N4CCCCCC4)c3)n2)cc1. The van der Waals surface area contributed by atoms with Crippen molar-refractivity contribution in [3.8, 4) is 17.1 Å². The van der Waals surface area contributed by atoms with Gasteiger partial charge >= 0.3 is 0 Å². The van der Waals surface area contributed by atoms with Crippen molar-refractivity contribution in [3.05, 3.63) is 54.4 Å². The van der Waals surface area contributed by atoms with Crippen LogP contribution in [0.2, 0.25) is 0 Å².